The third kappa shape index (κ3) is 3.38. The molecule has 0 aliphatic rings. The summed E-state index contributed by atoms with van der Waals surface area (Å²) in [6.45, 7) is 5.93. The van der Waals surface area contributed by atoms with Crippen LogP contribution in [0.15, 0.2) is 4.90 Å². The second-order valence-corrected chi connectivity index (χ2v) is 7.79. The Hall–Kier alpha value is -1.28. The number of amides is 1. The molecule has 1 atom stereocenters. The van der Waals surface area contributed by atoms with E-state index in [0.717, 1.165) is 17.6 Å². The summed E-state index contributed by atoms with van der Waals surface area (Å²) in [5.74, 6) is -0.426. The van der Waals surface area contributed by atoms with Crippen LogP contribution in [-0.4, -0.2) is 26.6 Å². The van der Waals surface area contributed by atoms with Crippen LogP contribution in [-0.2, 0) is 9.84 Å². The zero-order valence-electron chi connectivity index (χ0n) is 11.4. The van der Waals surface area contributed by atoms with Gasteiger partial charge in [0.15, 0.2) is 9.84 Å². The maximum absolute atomic E-state index is 11.8. The number of nitrogen functional groups attached to an aromatic ring is 1. The average molecular weight is 305 g/mol. The van der Waals surface area contributed by atoms with E-state index in [1.54, 1.807) is 0 Å². The summed E-state index contributed by atoms with van der Waals surface area (Å²) in [5, 5.41) is 3.45. The molecule has 1 unspecified atom stereocenters. The molecule has 0 aliphatic carbocycles. The van der Waals surface area contributed by atoms with Crippen molar-refractivity contribution in [1.82, 2.24) is 0 Å². The molecule has 1 aromatic rings. The Bertz CT molecular complexity index is 591. The lowest BCUT2D eigenvalue weighted by Crippen LogP contribution is -2.21. The van der Waals surface area contributed by atoms with Crippen molar-refractivity contribution in [2.75, 3.05) is 17.3 Å². The highest BCUT2D eigenvalue weighted by Gasteiger charge is 2.27. The van der Waals surface area contributed by atoms with E-state index in [0.29, 0.717) is 10.9 Å². The van der Waals surface area contributed by atoms with Gasteiger partial charge in [0.2, 0.25) is 0 Å². The monoisotopic (exact) mass is 305 g/mol. The van der Waals surface area contributed by atoms with E-state index < -0.39 is 15.7 Å². The molecular weight excluding hydrogens is 286 g/mol. The Kier molecular flexibility index (Phi) is 4.46. The number of carbonyl (C=O) groups is 1. The molecule has 0 aliphatic heterocycles. The fourth-order valence-electron chi connectivity index (χ4n) is 1.45. The predicted octanol–water partition coefficient (Wildman–Crippen LogP) is 1.29. The number of nitrogens with one attached hydrogen (secondary N) is 1. The zero-order valence-corrected chi connectivity index (χ0v) is 13.0. The summed E-state index contributed by atoms with van der Waals surface area (Å²) in [4.78, 5) is 11.3. The Labute approximate surface area is 117 Å². The van der Waals surface area contributed by atoms with Gasteiger partial charge in [-0.3, -0.25) is 4.79 Å². The van der Waals surface area contributed by atoms with Gasteiger partial charge in [-0.15, -0.1) is 11.3 Å². The highest BCUT2D eigenvalue weighted by molar-refractivity contribution is 7.91. The van der Waals surface area contributed by atoms with Crippen LogP contribution in [0.25, 0.3) is 0 Å². The number of rotatable bonds is 5. The number of hydrogen-bond donors (Lipinski definition) is 3. The van der Waals surface area contributed by atoms with E-state index in [2.05, 4.69) is 5.32 Å². The molecule has 0 spiro atoms. The molecule has 0 saturated heterocycles. The standard InChI is InChI=1S/C11H19N3O3S2/c1-5(2)6(3)14-11-9(19(4,16)17)7(12)8(18-11)10(13)15/h5-6,14H,12H2,1-4H3,(H2,13,15). The van der Waals surface area contributed by atoms with Gasteiger partial charge in [0.05, 0.1) is 5.69 Å². The molecule has 0 fully saturated rings. The van der Waals surface area contributed by atoms with E-state index >= 15 is 0 Å². The molecule has 6 nitrogen and oxygen atoms in total. The molecule has 1 rings (SSSR count). The molecule has 0 aromatic carbocycles. The number of hydrogen-bond acceptors (Lipinski definition) is 6. The lowest BCUT2D eigenvalue weighted by molar-refractivity contribution is 0.100. The first-order valence-corrected chi connectivity index (χ1v) is 8.45. The molecule has 108 valence electrons. The fourth-order valence-corrected chi connectivity index (χ4v) is 3.95. The fraction of sp³-hybridized carbons (Fsp3) is 0.545. The molecule has 8 heteroatoms. The molecule has 0 radical (unpaired) electrons. The number of nitrogens with two attached hydrogens (primary N) is 2. The second kappa shape index (κ2) is 5.38. The second-order valence-electron chi connectivity index (χ2n) is 4.82. The highest BCUT2D eigenvalue weighted by Crippen LogP contribution is 2.39. The first-order valence-electron chi connectivity index (χ1n) is 5.74. The first-order chi connectivity index (χ1) is 8.55. The smallest absolute Gasteiger partial charge is 0.261 e. The van der Waals surface area contributed by atoms with Crippen molar-refractivity contribution in [3.8, 4) is 0 Å². The van der Waals surface area contributed by atoms with Gasteiger partial charge in [0.25, 0.3) is 5.91 Å². The minimum Gasteiger partial charge on any atom is -0.396 e. The maximum atomic E-state index is 11.8. The van der Waals surface area contributed by atoms with Crippen LogP contribution in [0, 0.1) is 5.92 Å². The lowest BCUT2D eigenvalue weighted by Gasteiger charge is -2.18. The average Bonchev–Trinajstić information content (AvgIpc) is 2.54. The molecular formula is C11H19N3O3S2. The number of thiophene rings is 1. The van der Waals surface area contributed by atoms with Crippen molar-refractivity contribution in [2.24, 2.45) is 11.7 Å². The van der Waals surface area contributed by atoms with Crippen LogP contribution in [0.5, 0.6) is 0 Å². The number of primary amides is 1. The summed E-state index contributed by atoms with van der Waals surface area (Å²) in [6, 6.07) is 0.0410. The Morgan fingerprint density at radius 3 is 2.21 bits per heavy atom. The largest absolute Gasteiger partial charge is 0.396 e. The van der Waals surface area contributed by atoms with Crippen LogP contribution in [0.4, 0.5) is 10.7 Å². The quantitative estimate of drug-likeness (QED) is 0.758. The number of anilines is 2. The van der Waals surface area contributed by atoms with Crippen molar-refractivity contribution in [1.29, 1.82) is 0 Å². The van der Waals surface area contributed by atoms with Crippen molar-refractivity contribution in [2.45, 2.75) is 31.7 Å². The molecule has 1 heterocycles. The predicted molar refractivity (Wildman–Crippen MR) is 78.3 cm³/mol. The van der Waals surface area contributed by atoms with Gasteiger partial charge in [-0.2, -0.15) is 0 Å². The molecule has 0 saturated carbocycles. The summed E-state index contributed by atoms with van der Waals surface area (Å²) in [5.41, 5.74) is 10.9. The Morgan fingerprint density at radius 2 is 1.84 bits per heavy atom. The van der Waals surface area contributed by atoms with Gasteiger partial charge in [-0.1, -0.05) is 13.8 Å². The molecule has 19 heavy (non-hydrogen) atoms. The Balaban J connectivity index is 3.38. The van der Waals surface area contributed by atoms with Crippen LogP contribution < -0.4 is 16.8 Å². The Morgan fingerprint density at radius 1 is 1.32 bits per heavy atom. The lowest BCUT2D eigenvalue weighted by atomic mass is 10.1. The first kappa shape index (κ1) is 15.8. The molecule has 5 N–H and O–H groups in total. The van der Waals surface area contributed by atoms with Gasteiger partial charge in [0.1, 0.15) is 14.8 Å². The molecule has 1 amide bonds. The summed E-state index contributed by atoms with van der Waals surface area (Å²) >= 11 is 0.977. The SMILES string of the molecule is CC(C)C(C)Nc1sc(C(N)=O)c(N)c1S(C)(=O)=O. The minimum atomic E-state index is -3.53. The van der Waals surface area contributed by atoms with Gasteiger partial charge >= 0.3 is 0 Å². The van der Waals surface area contributed by atoms with Crippen molar-refractivity contribution >= 4 is 37.8 Å². The van der Waals surface area contributed by atoms with Crippen molar-refractivity contribution < 1.29 is 13.2 Å². The van der Waals surface area contributed by atoms with Gasteiger partial charge in [-0.05, 0) is 12.8 Å². The van der Waals surface area contributed by atoms with E-state index in [1.165, 1.54) is 0 Å². The van der Waals surface area contributed by atoms with E-state index in [9.17, 15) is 13.2 Å². The summed E-state index contributed by atoms with van der Waals surface area (Å²) in [7, 11) is -3.53. The third-order valence-electron chi connectivity index (χ3n) is 2.85. The van der Waals surface area contributed by atoms with Gasteiger partial charge in [0, 0.05) is 12.3 Å². The molecule has 0 bridgehead atoms. The van der Waals surface area contributed by atoms with E-state index in [4.69, 9.17) is 11.5 Å². The number of carbonyl (C=O) groups excluding carboxylic acids is 1. The van der Waals surface area contributed by atoms with E-state index in [1.807, 2.05) is 20.8 Å². The van der Waals surface area contributed by atoms with Crippen molar-refractivity contribution in [3.05, 3.63) is 4.88 Å². The maximum Gasteiger partial charge on any atom is 0.261 e. The third-order valence-corrected chi connectivity index (χ3v) is 5.30. The van der Waals surface area contributed by atoms with Crippen LogP contribution >= 0.6 is 11.3 Å². The highest BCUT2D eigenvalue weighted by atomic mass is 32.2. The van der Waals surface area contributed by atoms with Crippen molar-refractivity contribution in [3.63, 3.8) is 0 Å². The van der Waals surface area contributed by atoms with Gasteiger partial charge in [-0.25, -0.2) is 8.42 Å². The van der Waals surface area contributed by atoms with Crippen LogP contribution in [0.3, 0.4) is 0 Å². The van der Waals surface area contributed by atoms with Gasteiger partial charge < -0.3 is 16.8 Å². The van der Waals surface area contributed by atoms with Crippen LogP contribution in [0.1, 0.15) is 30.4 Å². The van der Waals surface area contributed by atoms with Crippen LogP contribution in [0.2, 0.25) is 0 Å². The zero-order chi connectivity index (χ0) is 15.0. The topological polar surface area (TPSA) is 115 Å². The summed E-state index contributed by atoms with van der Waals surface area (Å²) in [6.07, 6.45) is 1.06. The van der Waals surface area contributed by atoms with E-state index in [-0.39, 0.29) is 21.5 Å². The molecule has 1 aromatic heterocycles. The minimum absolute atomic E-state index is 0.0410. The summed E-state index contributed by atoms with van der Waals surface area (Å²) < 4.78 is 23.6. The normalized spacial score (nSPS) is 13.5. The number of sulfone groups is 1.